The van der Waals surface area contributed by atoms with E-state index in [4.69, 9.17) is 0 Å². The summed E-state index contributed by atoms with van der Waals surface area (Å²) in [6.45, 7) is 4.72. The number of nitrogens with zero attached hydrogens (tertiary/aromatic N) is 3. The van der Waals surface area contributed by atoms with Gasteiger partial charge < -0.3 is 5.32 Å². The summed E-state index contributed by atoms with van der Waals surface area (Å²) in [5.74, 6) is 0.391. The Bertz CT molecular complexity index is 626. The van der Waals surface area contributed by atoms with Gasteiger partial charge in [0.15, 0.2) is 0 Å². The van der Waals surface area contributed by atoms with Crippen molar-refractivity contribution < 1.29 is 9.18 Å². The van der Waals surface area contributed by atoms with Crippen molar-refractivity contribution >= 4 is 5.91 Å². The molecule has 1 aromatic carbocycles. The van der Waals surface area contributed by atoms with Crippen LogP contribution in [0, 0.1) is 5.82 Å². The molecule has 0 aliphatic heterocycles. The van der Waals surface area contributed by atoms with E-state index in [9.17, 15) is 9.18 Å². The fourth-order valence-corrected chi connectivity index (χ4v) is 2.32. The quantitative estimate of drug-likeness (QED) is 0.855. The lowest BCUT2D eigenvalue weighted by atomic mass is 10.1. The predicted octanol–water partition coefficient (Wildman–Crippen LogP) is 2.64. The molecule has 0 radical (unpaired) electrons. The number of hydrogen-bond acceptors (Lipinski definition) is 3. The second-order valence-electron chi connectivity index (χ2n) is 5.26. The number of hydrogen-bond donors (Lipinski definition) is 1. The molecule has 0 bridgehead atoms. The molecule has 0 spiro atoms. The fraction of sp³-hybridized carbons (Fsp3) is 0.438. The smallest absolute Gasteiger partial charge is 0.220 e. The Morgan fingerprint density at radius 3 is 3.00 bits per heavy atom. The van der Waals surface area contributed by atoms with Crippen molar-refractivity contribution in [2.75, 3.05) is 0 Å². The summed E-state index contributed by atoms with van der Waals surface area (Å²) in [5, 5.41) is 7.06. The molecular weight excluding hydrogens is 283 g/mol. The van der Waals surface area contributed by atoms with Crippen LogP contribution in [0.1, 0.15) is 44.1 Å². The molecular formula is C16H21FN4O. The molecule has 2 aromatic rings. The van der Waals surface area contributed by atoms with Crippen molar-refractivity contribution in [3.63, 3.8) is 0 Å². The van der Waals surface area contributed by atoms with Gasteiger partial charge in [0.25, 0.3) is 0 Å². The monoisotopic (exact) mass is 304 g/mol. The van der Waals surface area contributed by atoms with Gasteiger partial charge in [0.05, 0.1) is 6.04 Å². The normalized spacial score (nSPS) is 12.1. The highest BCUT2D eigenvalue weighted by Gasteiger charge is 2.15. The number of aromatic nitrogens is 3. The zero-order valence-corrected chi connectivity index (χ0v) is 12.9. The average Bonchev–Trinajstić information content (AvgIpc) is 2.94. The highest BCUT2D eigenvalue weighted by molar-refractivity contribution is 5.76. The molecule has 0 aliphatic rings. The Hall–Kier alpha value is -2.24. The molecule has 22 heavy (non-hydrogen) atoms. The largest absolute Gasteiger partial charge is 0.346 e. The first-order valence-corrected chi connectivity index (χ1v) is 7.51. The van der Waals surface area contributed by atoms with E-state index in [0.29, 0.717) is 12.8 Å². The molecule has 6 heteroatoms. The topological polar surface area (TPSA) is 59.8 Å². The molecule has 1 unspecified atom stereocenters. The van der Waals surface area contributed by atoms with Crippen LogP contribution in [0.3, 0.4) is 0 Å². The van der Waals surface area contributed by atoms with E-state index in [1.807, 2.05) is 13.0 Å². The Morgan fingerprint density at radius 1 is 1.45 bits per heavy atom. The lowest BCUT2D eigenvalue weighted by Gasteiger charge is -2.14. The summed E-state index contributed by atoms with van der Waals surface area (Å²) in [6.07, 6.45) is 3.28. The van der Waals surface area contributed by atoms with E-state index in [0.717, 1.165) is 24.4 Å². The van der Waals surface area contributed by atoms with E-state index < -0.39 is 0 Å². The minimum atomic E-state index is -0.279. The second-order valence-corrected chi connectivity index (χ2v) is 5.26. The first kappa shape index (κ1) is 16.1. The minimum absolute atomic E-state index is 0.0807. The summed E-state index contributed by atoms with van der Waals surface area (Å²) in [6, 6.07) is 6.12. The molecule has 0 aliphatic carbocycles. The number of amides is 1. The molecule has 1 aromatic heterocycles. The van der Waals surface area contributed by atoms with Crippen molar-refractivity contribution in [2.24, 2.45) is 0 Å². The van der Waals surface area contributed by atoms with Crippen LogP contribution in [-0.4, -0.2) is 20.7 Å². The number of halogens is 1. The zero-order valence-electron chi connectivity index (χ0n) is 12.9. The third kappa shape index (κ3) is 4.38. The predicted molar refractivity (Wildman–Crippen MR) is 81.6 cm³/mol. The van der Waals surface area contributed by atoms with E-state index in [1.54, 1.807) is 10.7 Å². The van der Waals surface area contributed by atoms with Crippen LogP contribution in [0.4, 0.5) is 4.39 Å². The summed E-state index contributed by atoms with van der Waals surface area (Å²) < 4.78 is 14.9. The maximum absolute atomic E-state index is 13.1. The minimum Gasteiger partial charge on any atom is -0.346 e. The average molecular weight is 304 g/mol. The number of rotatable bonds is 7. The molecule has 5 nitrogen and oxygen atoms in total. The van der Waals surface area contributed by atoms with Crippen LogP contribution in [0.15, 0.2) is 30.6 Å². The third-order valence-electron chi connectivity index (χ3n) is 3.38. The van der Waals surface area contributed by atoms with Gasteiger partial charge in [-0.25, -0.2) is 14.1 Å². The van der Waals surface area contributed by atoms with Gasteiger partial charge in [-0.15, -0.1) is 0 Å². The van der Waals surface area contributed by atoms with Crippen LogP contribution in [0.25, 0.3) is 0 Å². The fourth-order valence-electron chi connectivity index (χ4n) is 2.32. The van der Waals surface area contributed by atoms with Crippen molar-refractivity contribution in [1.82, 2.24) is 20.1 Å². The zero-order chi connectivity index (χ0) is 15.9. The molecule has 1 atom stereocenters. The Morgan fingerprint density at radius 2 is 2.27 bits per heavy atom. The Kier molecular flexibility index (Phi) is 5.63. The number of carbonyl (C=O) groups excluding carboxylic acids is 1. The molecule has 2 rings (SSSR count). The van der Waals surface area contributed by atoms with Gasteiger partial charge in [-0.1, -0.05) is 19.1 Å². The van der Waals surface area contributed by atoms with Crippen LogP contribution in [-0.2, 0) is 17.8 Å². The Balaban J connectivity index is 1.87. The first-order chi connectivity index (χ1) is 10.6. The lowest BCUT2D eigenvalue weighted by Crippen LogP contribution is -2.29. The summed E-state index contributed by atoms with van der Waals surface area (Å²) in [7, 11) is 0. The van der Waals surface area contributed by atoms with Crippen molar-refractivity contribution in [2.45, 2.75) is 45.7 Å². The summed E-state index contributed by atoms with van der Waals surface area (Å²) in [5.41, 5.74) is 0.817. The molecule has 1 amide bonds. The maximum atomic E-state index is 13.1. The molecule has 0 fully saturated rings. The van der Waals surface area contributed by atoms with E-state index in [2.05, 4.69) is 22.3 Å². The second kappa shape index (κ2) is 7.68. The van der Waals surface area contributed by atoms with Crippen molar-refractivity contribution in [3.05, 3.63) is 47.8 Å². The maximum Gasteiger partial charge on any atom is 0.220 e. The highest BCUT2D eigenvalue weighted by Crippen LogP contribution is 2.10. The number of carbonyl (C=O) groups is 1. The molecule has 0 saturated heterocycles. The molecule has 0 saturated carbocycles. The standard InChI is InChI=1S/C16H21FN4O/c1-3-9-21-16(18-11-19-21)12(2)20-15(22)8-7-13-5-4-6-14(17)10-13/h4-6,10-12H,3,7-9H2,1-2H3,(H,20,22). The van der Waals surface area contributed by atoms with Crippen LogP contribution in [0.2, 0.25) is 0 Å². The number of aryl methyl sites for hydroxylation is 2. The van der Waals surface area contributed by atoms with Gasteiger partial charge in [-0.2, -0.15) is 5.10 Å². The van der Waals surface area contributed by atoms with Gasteiger partial charge in [0.2, 0.25) is 5.91 Å². The van der Waals surface area contributed by atoms with E-state index in [-0.39, 0.29) is 17.8 Å². The summed E-state index contributed by atoms with van der Waals surface area (Å²) >= 11 is 0. The van der Waals surface area contributed by atoms with Crippen LogP contribution < -0.4 is 5.32 Å². The highest BCUT2D eigenvalue weighted by atomic mass is 19.1. The van der Waals surface area contributed by atoms with Crippen molar-refractivity contribution in [3.8, 4) is 0 Å². The van der Waals surface area contributed by atoms with E-state index >= 15 is 0 Å². The van der Waals surface area contributed by atoms with Gasteiger partial charge in [-0.3, -0.25) is 4.79 Å². The van der Waals surface area contributed by atoms with Gasteiger partial charge >= 0.3 is 0 Å². The first-order valence-electron chi connectivity index (χ1n) is 7.51. The summed E-state index contributed by atoms with van der Waals surface area (Å²) in [4.78, 5) is 16.2. The van der Waals surface area contributed by atoms with Crippen LogP contribution >= 0.6 is 0 Å². The Labute approximate surface area is 129 Å². The SMILES string of the molecule is CCCn1ncnc1C(C)NC(=O)CCc1cccc(F)c1. The van der Waals surface area contributed by atoms with Crippen LogP contribution in [0.5, 0.6) is 0 Å². The van der Waals surface area contributed by atoms with Crippen molar-refractivity contribution in [1.29, 1.82) is 0 Å². The number of nitrogens with one attached hydrogen (secondary N) is 1. The van der Waals surface area contributed by atoms with Gasteiger partial charge in [0.1, 0.15) is 18.0 Å². The molecule has 1 N–H and O–H groups in total. The van der Waals surface area contributed by atoms with Gasteiger partial charge in [0, 0.05) is 13.0 Å². The number of benzene rings is 1. The molecule has 118 valence electrons. The molecule has 1 heterocycles. The van der Waals surface area contributed by atoms with E-state index in [1.165, 1.54) is 18.5 Å². The third-order valence-corrected chi connectivity index (χ3v) is 3.38. The lowest BCUT2D eigenvalue weighted by molar-refractivity contribution is -0.121. The van der Waals surface area contributed by atoms with Gasteiger partial charge in [-0.05, 0) is 37.5 Å².